The summed E-state index contributed by atoms with van der Waals surface area (Å²) in [6.07, 6.45) is 0. The molecule has 0 radical (unpaired) electrons. The van der Waals surface area contributed by atoms with Crippen LogP contribution in [0.15, 0.2) is 54.6 Å². The van der Waals surface area contributed by atoms with Crippen molar-refractivity contribution in [2.45, 2.75) is 20.4 Å². The maximum absolute atomic E-state index is 12.3. The monoisotopic (exact) mass is 296 g/mol. The highest BCUT2D eigenvalue weighted by Gasteiger charge is 2.12. The average Bonchev–Trinajstić information content (AvgIpc) is 2.54. The van der Waals surface area contributed by atoms with Crippen molar-refractivity contribution in [2.24, 2.45) is 0 Å². The van der Waals surface area contributed by atoms with E-state index in [4.69, 9.17) is 0 Å². The Kier molecular flexibility index (Phi) is 5.31. The van der Waals surface area contributed by atoms with Crippen LogP contribution in [0.4, 0.5) is 10.5 Å². The summed E-state index contributed by atoms with van der Waals surface area (Å²) < 4.78 is 0. The summed E-state index contributed by atoms with van der Waals surface area (Å²) in [5.74, 6) is 0.0112. The number of urea groups is 1. The largest absolute Gasteiger partial charge is 0.322 e. The Labute approximate surface area is 130 Å². The molecule has 0 saturated carbocycles. The Morgan fingerprint density at radius 2 is 1.64 bits per heavy atom. The van der Waals surface area contributed by atoms with Crippen molar-refractivity contribution >= 4 is 17.5 Å². The van der Waals surface area contributed by atoms with Crippen LogP contribution < -0.4 is 5.32 Å². The minimum Gasteiger partial charge on any atom is -0.320 e. The van der Waals surface area contributed by atoms with Gasteiger partial charge in [-0.1, -0.05) is 30.3 Å². The van der Waals surface area contributed by atoms with Gasteiger partial charge in [-0.25, -0.2) is 4.79 Å². The van der Waals surface area contributed by atoms with E-state index in [1.54, 1.807) is 29.2 Å². The van der Waals surface area contributed by atoms with Crippen molar-refractivity contribution in [3.05, 3.63) is 65.7 Å². The third-order valence-corrected chi connectivity index (χ3v) is 3.43. The SMILES string of the molecule is CCN(Cc1ccccc1)C(=O)Nc1ccc(C(C)=O)cc1. The highest BCUT2D eigenvalue weighted by molar-refractivity contribution is 5.95. The number of anilines is 1. The zero-order valence-corrected chi connectivity index (χ0v) is 12.9. The van der Waals surface area contributed by atoms with E-state index in [0.29, 0.717) is 24.3 Å². The van der Waals surface area contributed by atoms with Gasteiger partial charge < -0.3 is 10.2 Å². The molecule has 2 amide bonds. The number of nitrogens with zero attached hydrogens (tertiary/aromatic N) is 1. The lowest BCUT2D eigenvalue weighted by Crippen LogP contribution is -2.34. The summed E-state index contributed by atoms with van der Waals surface area (Å²) in [5, 5.41) is 2.86. The number of nitrogens with one attached hydrogen (secondary N) is 1. The molecule has 0 heterocycles. The minimum atomic E-state index is -0.151. The number of carbonyl (C=O) groups excluding carboxylic acids is 2. The maximum Gasteiger partial charge on any atom is 0.322 e. The van der Waals surface area contributed by atoms with Crippen molar-refractivity contribution in [1.82, 2.24) is 4.90 Å². The molecule has 4 nitrogen and oxygen atoms in total. The zero-order chi connectivity index (χ0) is 15.9. The first-order valence-corrected chi connectivity index (χ1v) is 7.31. The number of hydrogen-bond acceptors (Lipinski definition) is 2. The lowest BCUT2D eigenvalue weighted by atomic mass is 10.1. The molecule has 114 valence electrons. The highest BCUT2D eigenvalue weighted by Crippen LogP contribution is 2.12. The number of ketones is 1. The van der Waals surface area contributed by atoms with Crippen LogP contribution in [0.1, 0.15) is 29.8 Å². The molecule has 2 aromatic carbocycles. The van der Waals surface area contributed by atoms with Gasteiger partial charge in [0.05, 0.1) is 0 Å². The van der Waals surface area contributed by atoms with Crippen LogP contribution in [0.25, 0.3) is 0 Å². The van der Waals surface area contributed by atoms with Gasteiger partial charge in [0.2, 0.25) is 0 Å². The van der Waals surface area contributed by atoms with Crippen LogP contribution >= 0.6 is 0 Å². The van der Waals surface area contributed by atoms with E-state index < -0.39 is 0 Å². The van der Waals surface area contributed by atoms with Gasteiger partial charge in [-0.05, 0) is 43.7 Å². The number of amides is 2. The van der Waals surface area contributed by atoms with E-state index in [-0.39, 0.29) is 11.8 Å². The van der Waals surface area contributed by atoms with Crippen molar-refractivity contribution < 1.29 is 9.59 Å². The molecule has 22 heavy (non-hydrogen) atoms. The predicted octanol–water partition coefficient (Wildman–Crippen LogP) is 3.94. The number of hydrogen-bond donors (Lipinski definition) is 1. The van der Waals surface area contributed by atoms with Gasteiger partial charge in [-0.15, -0.1) is 0 Å². The number of benzene rings is 2. The van der Waals surface area contributed by atoms with Gasteiger partial charge >= 0.3 is 6.03 Å². The Hall–Kier alpha value is -2.62. The number of rotatable bonds is 5. The Morgan fingerprint density at radius 3 is 2.18 bits per heavy atom. The molecule has 0 aliphatic carbocycles. The molecule has 0 unspecified atom stereocenters. The van der Waals surface area contributed by atoms with E-state index in [0.717, 1.165) is 5.56 Å². The predicted molar refractivity (Wildman–Crippen MR) is 88.0 cm³/mol. The standard InChI is InChI=1S/C18H20N2O2/c1-3-20(13-15-7-5-4-6-8-15)18(22)19-17-11-9-16(10-12-17)14(2)21/h4-12H,3,13H2,1-2H3,(H,19,22). The molecule has 0 aliphatic rings. The van der Waals surface area contributed by atoms with Gasteiger partial charge in [0.25, 0.3) is 0 Å². The zero-order valence-electron chi connectivity index (χ0n) is 12.9. The Morgan fingerprint density at radius 1 is 1.00 bits per heavy atom. The molecular formula is C18H20N2O2. The topological polar surface area (TPSA) is 49.4 Å². The molecule has 0 bridgehead atoms. The first-order valence-electron chi connectivity index (χ1n) is 7.31. The molecular weight excluding hydrogens is 276 g/mol. The Balaban J connectivity index is 2.01. The van der Waals surface area contributed by atoms with Gasteiger partial charge in [-0.3, -0.25) is 4.79 Å². The van der Waals surface area contributed by atoms with Crippen molar-refractivity contribution in [3.63, 3.8) is 0 Å². The third kappa shape index (κ3) is 4.19. The van der Waals surface area contributed by atoms with E-state index in [2.05, 4.69) is 5.32 Å². The first kappa shape index (κ1) is 15.8. The molecule has 2 rings (SSSR count). The molecule has 0 spiro atoms. The molecule has 0 atom stereocenters. The highest BCUT2D eigenvalue weighted by atomic mass is 16.2. The van der Waals surface area contributed by atoms with Crippen molar-refractivity contribution in [3.8, 4) is 0 Å². The van der Waals surface area contributed by atoms with Crippen molar-refractivity contribution in [2.75, 3.05) is 11.9 Å². The lowest BCUT2D eigenvalue weighted by molar-refractivity contribution is 0.101. The second-order valence-corrected chi connectivity index (χ2v) is 5.06. The van der Waals surface area contributed by atoms with Crippen LogP contribution in [0.5, 0.6) is 0 Å². The Bertz CT molecular complexity index is 636. The van der Waals surface area contributed by atoms with Crippen LogP contribution in [0.3, 0.4) is 0 Å². The molecule has 1 N–H and O–H groups in total. The van der Waals surface area contributed by atoms with Crippen LogP contribution in [-0.2, 0) is 6.54 Å². The fourth-order valence-electron chi connectivity index (χ4n) is 2.12. The van der Waals surface area contributed by atoms with Crippen molar-refractivity contribution in [1.29, 1.82) is 0 Å². The molecule has 0 aromatic heterocycles. The molecule has 4 heteroatoms. The smallest absolute Gasteiger partial charge is 0.320 e. The quantitative estimate of drug-likeness (QED) is 0.849. The van der Waals surface area contributed by atoms with E-state index in [1.807, 2.05) is 37.3 Å². The number of Topliss-reactive ketones (excluding diaryl/α,β-unsaturated/α-hetero) is 1. The van der Waals surface area contributed by atoms with Crippen LogP contribution in [0.2, 0.25) is 0 Å². The average molecular weight is 296 g/mol. The number of carbonyl (C=O) groups is 2. The molecule has 2 aromatic rings. The molecule has 0 aliphatic heterocycles. The van der Waals surface area contributed by atoms with E-state index in [9.17, 15) is 9.59 Å². The normalized spacial score (nSPS) is 10.1. The van der Waals surface area contributed by atoms with Crippen LogP contribution in [0, 0.1) is 0 Å². The fraction of sp³-hybridized carbons (Fsp3) is 0.222. The second-order valence-electron chi connectivity index (χ2n) is 5.06. The van der Waals surface area contributed by atoms with Crippen LogP contribution in [-0.4, -0.2) is 23.3 Å². The maximum atomic E-state index is 12.3. The summed E-state index contributed by atoms with van der Waals surface area (Å²) in [4.78, 5) is 25.3. The van der Waals surface area contributed by atoms with E-state index in [1.165, 1.54) is 6.92 Å². The van der Waals surface area contributed by atoms with Gasteiger partial charge in [-0.2, -0.15) is 0 Å². The van der Waals surface area contributed by atoms with Gasteiger partial charge in [0.1, 0.15) is 0 Å². The summed E-state index contributed by atoms with van der Waals surface area (Å²) >= 11 is 0. The van der Waals surface area contributed by atoms with Gasteiger partial charge in [0.15, 0.2) is 5.78 Å². The summed E-state index contributed by atoms with van der Waals surface area (Å²) in [5.41, 5.74) is 2.41. The lowest BCUT2D eigenvalue weighted by Gasteiger charge is -2.21. The summed E-state index contributed by atoms with van der Waals surface area (Å²) in [6.45, 7) is 4.65. The van der Waals surface area contributed by atoms with Gasteiger partial charge in [0, 0.05) is 24.3 Å². The molecule has 0 saturated heterocycles. The van der Waals surface area contributed by atoms with E-state index >= 15 is 0 Å². The summed E-state index contributed by atoms with van der Waals surface area (Å²) in [6, 6.07) is 16.6. The molecule has 0 fully saturated rings. The summed E-state index contributed by atoms with van der Waals surface area (Å²) in [7, 11) is 0. The minimum absolute atomic E-state index is 0.0112. The second kappa shape index (κ2) is 7.41. The third-order valence-electron chi connectivity index (χ3n) is 3.43. The fourth-order valence-corrected chi connectivity index (χ4v) is 2.12. The first-order chi connectivity index (χ1) is 10.6.